The van der Waals surface area contributed by atoms with Crippen LogP contribution in [0.5, 0.6) is 0 Å². The van der Waals surface area contributed by atoms with E-state index in [1.54, 1.807) is 30.3 Å². The summed E-state index contributed by atoms with van der Waals surface area (Å²) in [5, 5.41) is 0. The number of hydrogen-bond acceptors (Lipinski definition) is 5. The third-order valence-corrected chi connectivity index (χ3v) is 5.41. The lowest BCUT2D eigenvalue weighted by Crippen LogP contribution is -2.34. The first-order chi connectivity index (χ1) is 11.0. The van der Waals surface area contributed by atoms with Gasteiger partial charge in [0.2, 0.25) is 5.95 Å². The summed E-state index contributed by atoms with van der Waals surface area (Å²) in [7, 11) is -3.60. The highest BCUT2D eigenvalue weighted by Crippen LogP contribution is 2.21. The SMILES string of the molecule is CC1CCN(c2ncc(NS(=O)(=O)c3ccccc3)cn2)CC1. The van der Waals surface area contributed by atoms with E-state index in [1.165, 1.54) is 12.4 Å². The van der Waals surface area contributed by atoms with Gasteiger partial charge in [-0.25, -0.2) is 18.4 Å². The summed E-state index contributed by atoms with van der Waals surface area (Å²) in [6.45, 7) is 4.13. The van der Waals surface area contributed by atoms with Crippen molar-refractivity contribution in [1.82, 2.24) is 9.97 Å². The van der Waals surface area contributed by atoms with E-state index in [0.29, 0.717) is 11.6 Å². The molecule has 1 fully saturated rings. The second kappa shape index (κ2) is 6.54. The second-order valence-corrected chi connectivity index (χ2v) is 7.54. The van der Waals surface area contributed by atoms with Crippen LogP contribution < -0.4 is 9.62 Å². The van der Waals surface area contributed by atoms with Crippen LogP contribution in [-0.2, 0) is 10.0 Å². The molecular weight excluding hydrogens is 312 g/mol. The van der Waals surface area contributed by atoms with Crippen LogP contribution in [0.15, 0.2) is 47.6 Å². The summed E-state index contributed by atoms with van der Waals surface area (Å²) in [6.07, 6.45) is 5.29. The van der Waals surface area contributed by atoms with Gasteiger partial charge in [0, 0.05) is 13.1 Å². The van der Waals surface area contributed by atoms with E-state index in [-0.39, 0.29) is 4.90 Å². The van der Waals surface area contributed by atoms with E-state index < -0.39 is 10.0 Å². The zero-order valence-corrected chi connectivity index (χ0v) is 13.8. The van der Waals surface area contributed by atoms with Gasteiger partial charge in [0.15, 0.2) is 0 Å². The molecule has 1 N–H and O–H groups in total. The summed E-state index contributed by atoms with van der Waals surface area (Å²) in [4.78, 5) is 10.9. The second-order valence-electron chi connectivity index (χ2n) is 5.86. The third kappa shape index (κ3) is 3.79. The van der Waals surface area contributed by atoms with Crippen molar-refractivity contribution >= 4 is 21.7 Å². The van der Waals surface area contributed by atoms with Gasteiger partial charge >= 0.3 is 0 Å². The van der Waals surface area contributed by atoms with Crippen LogP contribution in [0.1, 0.15) is 19.8 Å². The van der Waals surface area contributed by atoms with Crippen LogP contribution in [0, 0.1) is 5.92 Å². The lowest BCUT2D eigenvalue weighted by atomic mass is 10.00. The summed E-state index contributed by atoms with van der Waals surface area (Å²) in [5.74, 6) is 1.39. The van der Waals surface area contributed by atoms with Gasteiger partial charge in [-0.3, -0.25) is 4.72 Å². The molecule has 0 atom stereocenters. The van der Waals surface area contributed by atoms with Gasteiger partial charge in [0.25, 0.3) is 10.0 Å². The number of anilines is 2. The molecule has 1 saturated heterocycles. The number of aromatic nitrogens is 2. The molecule has 0 aliphatic carbocycles. The maximum absolute atomic E-state index is 12.2. The Morgan fingerprint density at radius 3 is 2.30 bits per heavy atom. The van der Waals surface area contributed by atoms with Crippen molar-refractivity contribution in [1.29, 1.82) is 0 Å². The molecule has 6 nitrogen and oxygen atoms in total. The van der Waals surface area contributed by atoms with Gasteiger partial charge in [-0.05, 0) is 30.9 Å². The van der Waals surface area contributed by atoms with E-state index >= 15 is 0 Å². The molecule has 0 spiro atoms. The molecule has 0 bridgehead atoms. The molecule has 7 heteroatoms. The topological polar surface area (TPSA) is 75.2 Å². The average molecular weight is 332 g/mol. The Labute approximate surface area is 136 Å². The van der Waals surface area contributed by atoms with Crippen LogP contribution in [0.2, 0.25) is 0 Å². The van der Waals surface area contributed by atoms with Crippen molar-refractivity contribution in [3.63, 3.8) is 0 Å². The zero-order chi connectivity index (χ0) is 16.3. The predicted octanol–water partition coefficient (Wildman–Crippen LogP) is 2.51. The summed E-state index contributed by atoms with van der Waals surface area (Å²) >= 11 is 0. The van der Waals surface area contributed by atoms with E-state index in [9.17, 15) is 8.42 Å². The zero-order valence-electron chi connectivity index (χ0n) is 13.0. The van der Waals surface area contributed by atoms with Gasteiger partial charge in [0.05, 0.1) is 23.0 Å². The number of benzene rings is 1. The van der Waals surface area contributed by atoms with Gasteiger partial charge in [-0.2, -0.15) is 0 Å². The van der Waals surface area contributed by atoms with E-state index in [4.69, 9.17) is 0 Å². The van der Waals surface area contributed by atoms with Gasteiger partial charge in [-0.15, -0.1) is 0 Å². The Bertz CT molecular complexity index is 739. The van der Waals surface area contributed by atoms with Crippen molar-refractivity contribution < 1.29 is 8.42 Å². The number of hydrogen-bond donors (Lipinski definition) is 1. The minimum absolute atomic E-state index is 0.217. The monoisotopic (exact) mass is 332 g/mol. The van der Waals surface area contributed by atoms with Crippen molar-refractivity contribution in [3.05, 3.63) is 42.7 Å². The fraction of sp³-hybridized carbons (Fsp3) is 0.375. The molecule has 1 aromatic carbocycles. The molecule has 1 aliphatic rings. The Kier molecular flexibility index (Phi) is 4.47. The van der Waals surface area contributed by atoms with Crippen molar-refractivity contribution in [3.8, 4) is 0 Å². The molecular formula is C16H20N4O2S. The highest BCUT2D eigenvalue weighted by Gasteiger charge is 2.18. The Balaban J connectivity index is 1.70. The number of piperidine rings is 1. The minimum atomic E-state index is -3.60. The molecule has 2 heterocycles. The summed E-state index contributed by atoms with van der Waals surface area (Å²) in [5.41, 5.74) is 0.364. The van der Waals surface area contributed by atoms with Gasteiger partial charge < -0.3 is 4.90 Å². The molecule has 23 heavy (non-hydrogen) atoms. The molecule has 1 aliphatic heterocycles. The number of sulfonamides is 1. The minimum Gasteiger partial charge on any atom is -0.341 e. The van der Waals surface area contributed by atoms with Crippen LogP contribution >= 0.6 is 0 Å². The third-order valence-electron chi connectivity index (χ3n) is 4.01. The first-order valence-electron chi connectivity index (χ1n) is 7.69. The van der Waals surface area contributed by atoms with E-state index in [0.717, 1.165) is 31.8 Å². The smallest absolute Gasteiger partial charge is 0.261 e. The van der Waals surface area contributed by atoms with Gasteiger partial charge in [-0.1, -0.05) is 25.1 Å². The number of rotatable bonds is 4. The molecule has 0 radical (unpaired) electrons. The number of nitrogens with one attached hydrogen (secondary N) is 1. The molecule has 2 aromatic rings. The molecule has 0 amide bonds. The van der Waals surface area contributed by atoms with E-state index in [1.807, 2.05) is 0 Å². The summed E-state index contributed by atoms with van der Waals surface area (Å²) < 4.78 is 27.0. The van der Waals surface area contributed by atoms with Crippen molar-refractivity contribution in [2.75, 3.05) is 22.7 Å². The van der Waals surface area contributed by atoms with Crippen molar-refractivity contribution in [2.45, 2.75) is 24.7 Å². The van der Waals surface area contributed by atoms with Crippen LogP contribution in [0.3, 0.4) is 0 Å². The first kappa shape index (κ1) is 15.7. The lowest BCUT2D eigenvalue weighted by molar-refractivity contribution is 0.434. The fourth-order valence-corrected chi connectivity index (χ4v) is 3.61. The Morgan fingerprint density at radius 1 is 1.09 bits per heavy atom. The maximum atomic E-state index is 12.2. The fourth-order valence-electron chi connectivity index (χ4n) is 2.56. The molecule has 122 valence electrons. The van der Waals surface area contributed by atoms with Crippen LogP contribution in [-0.4, -0.2) is 31.5 Å². The normalized spacial score (nSPS) is 16.3. The number of nitrogens with zero attached hydrogens (tertiary/aromatic N) is 3. The van der Waals surface area contributed by atoms with E-state index in [2.05, 4.69) is 26.5 Å². The standard InChI is InChI=1S/C16H20N4O2S/c1-13-7-9-20(10-8-13)16-17-11-14(12-18-16)19-23(21,22)15-5-3-2-4-6-15/h2-6,11-13,19H,7-10H2,1H3. The highest BCUT2D eigenvalue weighted by atomic mass is 32.2. The lowest BCUT2D eigenvalue weighted by Gasteiger charge is -2.30. The molecule has 0 saturated carbocycles. The Morgan fingerprint density at radius 2 is 1.70 bits per heavy atom. The molecule has 0 unspecified atom stereocenters. The largest absolute Gasteiger partial charge is 0.341 e. The highest BCUT2D eigenvalue weighted by molar-refractivity contribution is 7.92. The van der Waals surface area contributed by atoms with Crippen LogP contribution in [0.25, 0.3) is 0 Å². The van der Waals surface area contributed by atoms with Gasteiger partial charge in [0.1, 0.15) is 0 Å². The predicted molar refractivity (Wildman–Crippen MR) is 89.9 cm³/mol. The average Bonchev–Trinajstić information content (AvgIpc) is 2.57. The van der Waals surface area contributed by atoms with Crippen molar-refractivity contribution in [2.24, 2.45) is 5.92 Å². The summed E-state index contributed by atoms with van der Waals surface area (Å²) in [6, 6.07) is 8.24. The first-order valence-corrected chi connectivity index (χ1v) is 9.18. The quantitative estimate of drug-likeness (QED) is 0.931. The molecule has 3 rings (SSSR count). The Hall–Kier alpha value is -2.15. The maximum Gasteiger partial charge on any atom is 0.261 e. The molecule has 1 aromatic heterocycles. The van der Waals surface area contributed by atoms with Crippen LogP contribution in [0.4, 0.5) is 11.6 Å².